The molecule has 12 rings (SSSR count). The van der Waals surface area contributed by atoms with Crippen LogP contribution in [0.3, 0.4) is 0 Å². The topological polar surface area (TPSA) is 402 Å². The number of Topliss-reactive ketones (excluding diaryl/α,β-unsaturated/α-hetero) is 1. The molecular weight excluding hydrogens is 1380 g/mol. The Morgan fingerprint density at radius 1 is 0.641 bits per heavy atom. The van der Waals surface area contributed by atoms with E-state index in [0.717, 1.165) is 15.5 Å². The van der Waals surface area contributed by atoms with E-state index in [9.17, 15) is 52.9 Å². The summed E-state index contributed by atoms with van der Waals surface area (Å²) in [5.74, 6) is -1.27. The lowest BCUT2D eigenvalue weighted by atomic mass is 9.80. The molecule has 3 aliphatic rings. The Labute approximate surface area is 586 Å². The van der Waals surface area contributed by atoms with Crippen LogP contribution in [0, 0.1) is 6.92 Å². The lowest BCUT2D eigenvalue weighted by Crippen LogP contribution is -2.41. The molecule has 534 valence electrons. The summed E-state index contributed by atoms with van der Waals surface area (Å²) in [5, 5.41) is 30.3. The highest BCUT2D eigenvalue weighted by Crippen LogP contribution is 2.47. The summed E-state index contributed by atoms with van der Waals surface area (Å²) in [6.45, 7) is 0.879. The van der Waals surface area contributed by atoms with Gasteiger partial charge in [-0.2, -0.15) is 4.98 Å². The van der Waals surface area contributed by atoms with Crippen LogP contribution in [0.5, 0.6) is 11.5 Å². The fourth-order valence-electron chi connectivity index (χ4n) is 12.0. The summed E-state index contributed by atoms with van der Waals surface area (Å²) in [4.78, 5) is 110. The smallest absolute Gasteiger partial charge is 0.497 e. The van der Waals surface area contributed by atoms with Gasteiger partial charge in [-0.1, -0.05) is 91.0 Å². The maximum absolute atomic E-state index is 15.0. The maximum atomic E-state index is 15.0. The molecule has 3 aliphatic heterocycles. The first kappa shape index (κ1) is 72.5. The predicted molar refractivity (Wildman–Crippen MR) is 362 cm³/mol. The molecule has 5 aromatic carbocycles. The molecule has 3 unspecified atom stereocenters. The Morgan fingerprint density at radius 2 is 1.19 bits per heavy atom. The van der Waals surface area contributed by atoms with Gasteiger partial charge in [0, 0.05) is 51.1 Å². The molecule has 7 heterocycles. The number of amides is 2. The summed E-state index contributed by atoms with van der Waals surface area (Å²) in [6, 6.07) is 41.1. The van der Waals surface area contributed by atoms with Gasteiger partial charge in [0.1, 0.15) is 91.1 Å². The maximum Gasteiger partial charge on any atom is 0.698 e. The molecule has 0 saturated carbocycles. The van der Waals surface area contributed by atoms with E-state index in [1.807, 2.05) is 30.3 Å². The number of aromatic amines is 1. The third-order valence-electron chi connectivity index (χ3n) is 17.2. The number of hydrogen-bond donors (Lipinski definition) is 5. The number of hydrogen-bond acceptors (Lipinski definition) is 26. The van der Waals surface area contributed by atoms with Crippen molar-refractivity contribution in [3.05, 3.63) is 235 Å². The molecule has 2 amide bonds. The highest BCUT2D eigenvalue weighted by molar-refractivity contribution is 7.33. The van der Waals surface area contributed by atoms with Crippen LogP contribution >= 0.6 is 16.5 Å². The number of nitrogens with one attached hydrogen (secondary N) is 3. The molecule has 5 N–H and O–H groups in total. The SMILES string of the molecule is COc1ccc(C(OC[C@H]2O[C@@H](n3ccc(NC(=O)c4ccccc4)nc3=O)[C@H](O)[C@@H]2O[P+](=O)O[C@H]2C(O)[C@H](n3cnc4c(NC(=O)c5ccccc5)ncnc43)O[C@@H]2CO[P+](=O)OC[C@H]2O[C@@H](n3cc(C)c(=O)[nH]c3=O)C[C@@H]2OC(=O)CCC(C)=O)(c2ccccc2)c2ccc(OC)cc2)cc1. The van der Waals surface area contributed by atoms with Gasteiger partial charge in [0.2, 0.25) is 0 Å². The van der Waals surface area contributed by atoms with Crippen LogP contribution in [0.15, 0.2) is 185 Å². The van der Waals surface area contributed by atoms with E-state index >= 15 is 0 Å². The minimum absolute atomic E-state index is 0.00999. The average molecular weight is 1450 g/mol. The van der Waals surface area contributed by atoms with Crippen molar-refractivity contribution >= 4 is 62.9 Å². The zero-order valence-corrected chi connectivity index (χ0v) is 57.1. The standard InChI is InChI=1S/C69H66N10O22P2/c1-39-33-78(68(88)76-62(39)84)53-32-48(97-54(81)29-20-40(2)80)49(96-53)35-94-102(89)95-36-51-59(57(83)66(99-51)79-38-72-55-60(70-37-71-61(55)79)75-64(86)42-16-10-6-11-17-42)101-103(90)100-58-50(98-65(56(58)82)77-31-30-52(74-67(77)87)73-63(85)41-14-8-5-9-15-41)34-93-69(43-18-12-7-13-19-43,44-21-25-46(91-3)26-22-44)45-23-27-47(92-4)28-24-45/h5-19,21-28,30-31,33,37-38,48-51,53,56-59,65-66,82-83H,20,29,32,34-36H2,1-4H3,(H-2,70,71,73,74,75,76,84,85,86,87,88)/p+2/t48-,49+,50+,51+,53+,56+,57?,58+,59+,65+,66+/m0/s1. The van der Waals surface area contributed by atoms with Gasteiger partial charge in [0.25, 0.3) is 17.4 Å². The number of carbonyl (C=O) groups excluding carboxylic acids is 4. The second-order valence-electron chi connectivity index (χ2n) is 23.9. The van der Waals surface area contributed by atoms with Crippen LogP contribution in [0.4, 0.5) is 11.6 Å². The Morgan fingerprint density at radius 3 is 1.78 bits per heavy atom. The van der Waals surface area contributed by atoms with Gasteiger partial charge in [-0.25, -0.2) is 24.5 Å². The highest BCUT2D eigenvalue weighted by atomic mass is 31.1. The lowest BCUT2D eigenvalue weighted by molar-refractivity contribution is -0.153. The van der Waals surface area contributed by atoms with Gasteiger partial charge in [0.15, 0.2) is 41.6 Å². The quantitative estimate of drug-likeness (QED) is 0.0185. The number of anilines is 2. The van der Waals surface area contributed by atoms with E-state index in [-0.39, 0.29) is 59.0 Å². The first-order chi connectivity index (χ1) is 49.8. The van der Waals surface area contributed by atoms with Gasteiger partial charge in [0.05, 0.1) is 33.6 Å². The number of ether oxygens (including phenoxy) is 7. The van der Waals surface area contributed by atoms with Crippen molar-refractivity contribution in [3.8, 4) is 11.5 Å². The van der Waals surface area contributed by atoms with E-state index in [1.165, 1.54) is 57.4 Å². The molecule has 0 aliphatic carbocycles. The van der Waals surface area contributed by atoms with Crippen LogP contribution in [0.25, 0.3) is 11.2 Å². The van der Waals surface area contributed by atoms with Gasteiger partial charge in [-0.05, 0) is 85.1 Å². The van der Waals surface area contributed by atoms with Crippen molar-refractivity contribution in [1.29, 1.82) is 0 Å². The lowest BCUT2D eigenvalue weighted by Gasteiger charge is -2.37. The van der Waals surface area contributed by atoms with E-state index < -0.39 is 144 Å². The summed E-state index contributed by atoms with van der Waals surface area (Å²) >= 11 is 0. The minimum atomic E-state index is -3.60. The summed E-state index contributed by atoms with van der Waals surface area (Å²) < 4.78 is 98.9. The van der Waals surface area contributed by atoms with Crippen molar-refractivity contribution in [2.24, 2.45) is 0 Å². The molecule has 9 aromatic rings. The van der Waals surface area contributed by atoms with Crippen molar-refractivity contribution in [3.63, 3.8) is 0 Å². The fraction of sp³-hybridized carbons (Fsp3) is 0.319. The number of aryl methyl sites for hydroxylation is 1. The number of H-pyrrole nitrogens is 1. The molecule has 34 heteroatoms. The molecule has 0 spiro atoms. The van der Waals surface area contributed by atoms with E-state index in [4.69, 9.17) is 51.3 Å². The monoisotopic (exact) mass is 1450 g/mol. The van der Waals surface area contributed by atoms with Crippen LogP contribution in [0.1, 0.15) is 87.8 Å². The number of aromatic nitrogens is 8. The molecule has 0 radical (unpaired) electrons. The van der Waals surface area contributed by atoms with E-state index in [2.05, 4.69) is 35.6 Å². The van der Waals surface area contributed by atoms with Crippen molar-refractivity contribution in [2.75, 3.05) is 44.7 Å². The number of nitrogens with zero attached hydrogens (tertiary/aromatic N) is 7. The predicted octanol–water partition coefficient (Wildman–Crippen LogP) is 6.68. The molecule has 32 nitrogen and oxygen atoms in total. The molecule has 4 aromatic heterocycles. The van der Waals surface area contributed by atoms with Crippen LogP contribution in [-0.2, 0) is 66.1 Å². The van der Waals surface area contributed by atoms with Crippen LogP contribution < -0.4 is 37.0 Å². The van der Waals surface area contributed by atoms with E-state index in [0.29, 0.717) is 33.8 Å². The van der Waals surface area contributed by atoms with Crippen molar-refractivity contribution < 1.29 is 89.8 Å². The number of aliphatic hydroxyl groups is 2. The Bertz CT molecular complexity index is 4700. The number of esters is 1. The Kier molecular flexibility index (Phi) is 22.8. The largest absolute Gasteiger partial charge is 0.698 e. The van der Waals surface area contributed by atoms with Crippen LogP contribution in [-0.4, -0.2) is 155 Å². The summed E-state index contributed by atoms with van der Waals surface area (Å²) in [5.41, 5.74) is -1.44. The zero-order valence-electron chi connectivity index (χ0n) is 55.3. The zero-order chi connectivity index (χ0) is 72.5. The number of methoxy groups -OCH3 is 2. The number of rotatable bonds is 29. The summed E-state index contributed by atoms with van der Waals surface area (Å²) in [7, 11) is -3.79. The van der Waals surface area contributed by atoms with E-state index in [1.54, 1.807) is 109 Å². The number of fused-ring (bicyclic) bond motifs is 1. The normalized spacial score (nSPS) is 21.9. The van der Waals surface area contributed by atoms with Crippen molar-refractivity contribution in [2.45, 2.75) is 106 Å². The minimum Gasteiger partial charge on any atom is -0.497 e. The third kappa shape index (κ3) is 16.3. The number of imidazole rings is 1. The number of aliphatic hydroxyl groups excluding tert-OH is 2. The Hall–Kier alpha value is -10.3. The van der Waals surface area contributed by atoms with Crippen LogP contribution in [0.2, 0.25) is 0 Å². The molecule has 3 fully saturated rings. The third-order valence-corrected chi connectivity index (χ3v) is 18.8. The van der Waals surface area contributed by atoms with Gasteiger partial charge in [-0.15, -0.1) is 18.1 Å². The number of carbonyl (C=O) groups is 4. The molecule has 103 heavy (non-hydrogen) atoms. The molecule has 3 saturated heterocycles. The van der Waals surface area contributed by atoms with Gasteiger partial charge in [-0.3, -0.25) is 37.9 Å². The fourth-order valence-corrected chi connectivity index (χ4v) is 13.6. The first-order valence-corrected chi connectivity index (χ1v) is 34.3. The molecule has 13 atom stereocenters. The number of ketones is 1. The molecular formula is C69H68N10O22P2+2. The Balaban J connectivity index is 0.844. The summed E-state index contributed by atoms with van der Waals surface area (Å²) in [6.07, 6.45) is -12.8. The highest BCUT2D eigenvalue weighted by Gasteiger charge is 2.57. The second kappa shape index (κ2) is 32.3. The van der Waals surface area contributed by atoms with Crippen molar-refractivity contribution in [1.82, 2.24) is 38.6 Å². The molecule has 0 bridgehead atoms. The second-order valence-corrected chi connectivity index (χ2v) is 25.7. The van der Waals surface area contributed by atoms with Gasteiger partial charge >= 0.3 is 33.9 Å². The number of benzene rings is 5. The van der Waals surface area contributed by atoms with Gasteiger partial charge < -0.3 is 58.8 Å². The average Bonchev–Trinajstić information content (AvgIpc) is 1.70. The first-order valence-electron chi connectivity index (χ1n) is 32.1.